The van der Waals surface area contributed by atoms with Crippen LogP contribution in [0.5, 0.6) is 0 Å². The van der Waals surface area contributed by atoms with E-state index in [4.69, 9.17) is 0 Å². The van der Waals surface area contributed by atoms with Crippen molar-refractivity contribution in [2.45, 2.75) is 19.8 Å². The van der Waals surface area contributed by atoms with Gasteiger partial charge in [0.15, 0.2) is 0 Å². The van der Waals surface area contributed by atoms with E-state index in [-0.39, 0.29) is 5.91 Å². The Hall–Kier alpha value is -1.35. The molecule has 0 saturated heterocycles. The van der Waals surface area contributed by atoms with Gasteiger partial charge in [0.05, 0.1) is 0 Å². The molecular formula is C14H22N2O. The largest absolute Gasteiger partial charge is 0.355 e. The first-order chi connectivity index (χ1) is 8.08. The van der Waals surface area contributed by atoms with Gasteiger partial charge in [0.25, 0.3) is 0 Å². The lowest BCUT2D eigenvalue weighted by Gasteiger charge is -2.10. The summed E-state index contributed by atoms with van der Waals surface area (Å²) in [5, 5.41) is 2.92. The summed E-state index contributed by atoms with van der Waals surface area (Å²) in [5.74, 6) is 0.133. The molecule has 1 rings (SSSR count). The monoisotopic (exact) mass is 234 g/mol. The molecule has 0 saturated carbocycles. The van der Waals surface area contributed by atoms with Crippen molar-refractivity contribution in [2.75, 3.05) is 27.2 Å². The van der Waals surface area contributed by atoms with Crippen LogP contribution in [0.4, 0.5) is 0 Å². The van der Waals surface area contributed by atoms with Crippen molar-refractivity contribution in [3.05, 3.63) is 35.4 Å². The highest BCUT2D eigenvalue weighted by molar-refractivity contribution is 5.76. The minimum absolute atomic E-state index is 0.133. The van der Waals surface area contributed by atoms with Crippen LogP contribution in [-0.2, 0) is 11.2 Å². The quantitative estimate of drug-likeness (QED) is 0.811. The predicted molar refractivity (Wildman–Crippen MR) is 71.1 cm³/mol. The highest BCUT2D eigenvalue weighted by Crippen LogP contribution is 2.06. The Kier molecular flexibility index (Phi) is 5.70. The molecule has 0 unspecified atom stereocenters. The Balaban J connectivity index is 2.24. The lowest BCUT2D eigenvalue weighted by molar-refractivity contribution is -0.121. The van der Waals surface area contributed by atoms with E-state index in [1.165, 1.54) is 11.1 Å². The molecule has 1 amide bonds. The minimum atomic E-state index is 0.133. The number of carbonyl (C=O) groups excluding carboxylic acids is 1. The second-order valence-corrected chi connectivity index (χ2v) is 4.64. The van der Waals surface area contributed by atoms with E-state index in [1.54, 1.807) is 0 Å². The molecule has 0 heterocycles. The molecule has 94 valence electrons. The SMILES string of the molecule is Cc1cccc(CCC(=O)NCCN(C)C)c1. The Bertz CT molecular complexity index is 361. The van der Waals surface area contributed by atoms with E-state index in [9.17, 15) is 4.79 Å². The van der Waals surface area contributed by atoms with E-state index in [1.807, 2.05) is 20.2 Å². The molecule has 0 fully saturated rings. The van der Waals surface area contributed by atoms with Gasteiger partial charge in [-0.1, -0.05) is 29.8 Å². The van der Waals surface area contributed by atoms with Crippen molar-refractivity contribution >= 4 is 5.91 Å². The van der Waals surface area contributed by atoms with E-state index in [0.717, 1.165) is 19.5 Å². The number of hydrogen-bond donors (Lipinski definition) is 1. The third-order valence-corrected chi connectivity index (χ3v) is 2.60. The lowest BCUT2D eigenvalue weighted by atomic mass is 10.1. The Morgan fingerprint density at radius 1 is 1.35 bits per heavy atom. The Morgan fingerprint density at radius 2 is 2.12 bits per heavy atom. The number of likely N-dealkylation sites (N-methyl/N-ethyl adjacent to an activating group) is 1. The van der Waals surface area contributed by atoms with Gasteiger partial charge in [-0.25, -0.2) is 0 Å². The molecule has 0 atom stereocenters. The van der Waals surface area contributed by atoms with Crippen LogP contribution < -0.4 is 5.32 Å². The van der Waals surface area contributed by atoms with Gasteiger partial charge in [0.2, 0.25) is 5.91 Å². The number of carbonyl (C=O) groups is 1. The topological polar surface area (TPSA) is 32.3 Å². The van der Waals surface area contributed by atoms with Gasteiger partial charge in [-0.05, 0) is 33.0 Å². The summed E-state index contributed by atoms with van der Waals surface area (Å²) >= 11 is 0. The molecule has 3 nitrogen and oxygen atoms in total. The maximum Gasteiger partial charge on any atom is 0.220 e. The zero-order valence-electron chi connectivity index (χ0n) is 11.0. The third-order valence-electron chi connectivity index (χ3n) is 2.60. The molecule has 0 bridgehead atoms. The highest BCUT2D eigenvalue weighted by Gasteiger charge is 2.02. The van der Waals surface area contributed by atoms with Crippen LogP contribution in [0.2, 0.25) is 0 Å². The number of amides is 1. The first-order valence-corrected chi connectivity index (χ1v) is 6.05. The summed E-state index contributed by atoms with van der Waals surface area (Å²) < 4.78 is 0. The summed E-state index contributed by atoms with van der Waals surface area (Å²) in [6.45, 7) is 3.68. The van der Waals surface area contributed by atoms with Crippen LogP contribution in [0.15, 0.2) is 24.3 Å². The van der Waals surface area contributed by atoms with Crippen molar-refractivity contribution in [3.8, 4) is 0 Å². The maximum absolute atomic E-state index is 11.6. The minimum Gasteiger partial charge on any atom is -0.355 e. The van der Waals surface area contributed by atoms with Crippen LogP contribution in [0.25, 0.3) is 0 Å². The fourth-order valence-corrected chi connectivity index (χ4v) is 1.63. The summed E-state index contributed by atoms with van der Waals surface area (Å²) in [6, 6.07) is 8.31. The van der Waals surface area contributed by atoms with E-state index < -0.39 is 0 Å². The van der Waals surface area contributed by atoms with Gasteiger partial charge in [0.1, 0.15) is 0 Å². The first-order valence-electron chi connectivity index (χ1n) is 6.05. The molecule has 0 spiro atoms. The molecule has 0 aliphatic rings. The Labute approximate surface area is 104 Å². The molecule has 17 heavy (non-hydrogen) atoms. The molecule has 1 aromatic rings. The van der Waals surface area contributed by atoms with Gasteiger partial charge in [-0.15, -0.1) is 0 Å². The van der Waals surface area contributed by atoms with Crippen molar-refractivity contribution in [1.29, 1.82) is 0 Å². The average molecular weight is 234 g/mol. The van der Waals surface area contributed by atoms with Crippen LogP contribution in [0.1, 0.15) is 17.5 Å². The van der Waals surface area contributed by atoms with E-state index in [0.29, 0.717) is 6.42 Å². The smallest absolute Gasteiger partial charge is 0.220 e. The zero-order valence-corrected chi connectivity index (χ0v) is 11.0. The first kappa shape index (κ1) is 13.7. The van der Waals surface area contributed by atoms with E-state index >= 15 is 0 Å². The van der Waals surface area contributed by atoms with Gasteiger partial charge >= 0.3 is 0 Å². The molecule has 1 aromatic carbocycles. The van der Waals surface area contributed by atoms with Crippen LogP contribution in [-0.4, -0.2) is 38.0 Å². The van der Waals surface area contributed by atoms with Crippen LogP contribution in [0.3, 0.4) is 0 Å². The molecule has 1 N–H and O–H groups in total. The second kappa shape index (κ2) is 7.07. The van der Waals surface area contributed by atoms with Crippen molar-refractivity contribution in [3.63, 3.8) is 0 Å². The zero-order chi connectivity index (χ0) is 12.7. The molecule has 0 radical (unpaired) electrons. The summed E-state index contributed by atoms with van der Waals surface area (Å²) in [4.78, 5) is 13.6. The number of hydrogen-bond acceptors (Lipinski definition) is 2. The summed E-state index contributed by atoms with van der Waals surface area (Å²) in [6.07, 6.45) is 1.38. The normalized spacial score (nSPS) is 10.6. The average Bonchev–Trinajstić information content (AvgIpc) is 2.26. The molecule has 0 aliphatic heterocycles. The van der Waals surface area contributed by atoms with Crippen LogP contribution >= 0.6 is 0 Å². The molecular weight excluding hydrogens is 212 g/mol. The summed E-state index contributed by atoms with van der Waals surface area (Å²) in [7, 11) is 4.00. The van der Waals surface area contributed by atoms with Crippen molar-refractivity contribution < 1.29 is 4.79 Å². The maximum atomic E-state index is 11.6. The van der Waals surface area contributed by atoms with E-state index in [2.05, 4.69) is 35.3 Å². The fourth-order valence-electron chi connectivity index (χ4n) is 1.63. The standard InChI is InChI=1S/C14H22N2O/c1-12-5-4-6-13(11-12)7-8-14(17)15-9-10-16(2)3/h4-6,11H,7-10H2,1-3H3,(H,15,17). The number of aryl methyl sites for hydroxylation is 2. The van der Waals surface area contributed by atoms with Crippen molar-refractivity contribution in [1.82, 2.24) is 10.2 Å². The lowest BCUT2D eigenvalue weighted by Crippen LogP contribution is -2.31. The second-order valence-electron chi connectivity index (χ2n) is 4.64. The molecule has 3 heteroatoms. The fraction of sp³-hybridized carbons (Fsp3) is 0.500. The number of rotatable bonds is 6. The third kappa shape index (κ3) is 6.07. The summed E-state index contributed by atoms with van der Waals surface area (Å²) in [5.41, 5.74) is 2.48. The number of nitrogens with one attached hydrogen (secondary N) is 1. The van der Waals surface area contributed by atoms with Gasteiger partial charge in [-0.2, -0.15) is 0 Å². The Morgan fingerprint density at radius 3 is 2.76 bits per heavy atom. The molecule has 0 aliphatic carbocycles. The van der Waals surface area contributed by atoms with Crippen molar-refractivity contribution in [2.24, 2.45) is 0 Å². The van der Waals surface area contributed by atoms with Gasteiger partial charge in [0, 0.05) is 19.5 Å². The molecule has 0 aromatic heterocycles. The predicted octanol–water partition coefficient (Wildman–Crippen LogP) is 1.61. The van der Waals surface area contributed by atoms with Crippen LogP contribution in [0, 0.1) is 6.92 Å². The van der Waals surface area contributed by atoms with Gasteiger partial charge in [-0.3, -0.25) is 4.79 Å². The van der Waals surface area contributed by atoms with Gasteiger partial charge < -0.3 is 10.2 Å². The number of nitrogens with zero attached hydrogens (tertiary/aromatic N) is 1. The highest BCUT2D eigenvalue weighted by atomic mass is 16.1. The number of benzene rings is 1.